The zero-order valence-electron chi connectivity index (χ0n) is 7.55. The first kappa shape index (κ1) is 10.6. The van der Waals surface area contributed by atoms with E-state index >= 15 is 0 Å². The molecule has 0 atom stereocenters. The number of benzene rings is 1. The maximum absolute atomic E-state index is 13.5. The minimum atomic E-state index is -0.367. The predicted molar refractivity (Wildman–Crippen MR) is 62.3 cm³/mol. The van der Waals surface area contributed by atoms with Gasteiger partial charge in [0.15, 0.2) is 0 Å². The van der Waals surface area contributed by atoms with Gasteiger partial charge in [-0.2, -0.15) is 0 Å². The van der Waals surface area contributed by atoms with Crippen LogP contribution < -0.4 is 0 Å². The first-order valence-corrected chi connectivity index (χ1v) is 5.42. The molecule has 0 fully saturated rings. The average molecular weight is 287 g/mol. The Hall–Kier alpha value is -0.930. The smallest absolute Gasteiger partial charge is 0.134 e. The Kier molecular flexibility index (Phi) is 3.03. The van der Waals surface area contributed by atoms with E-state index in [9.17, 15) is 4.39 Å². The highest BCUT2D eigenvalue weighted by Crippen LogP contribution is 2.24. The van der Waals surface area contributed by atoms with Crippen LogP contribution in [0.2, 0.25) is 5.02 Å². The third-order valence-electron chi connectivity index (χ3n) is 1.92. The van der Waals surface area contributed by atoms with Crippen molar-refractivity contribution in [2.45, 2.75) is 0 Å². The molecule has 2 rings (SSSR count). The molecule has 0 aliphatic carbocycles. The maximum Gasteiger partial charge on any atom is 0.134 e. The molecule has 15 heavy (non-hydrogen) atoms. The number of aromatic nitrogens is 1. The van der Waals surface area contributed by atoms with Crippen molar-refractivity contribution in [3.05, 3.63) is 51.8 Å². The highest BCUT2D eigenvalue weighted by atomic mass is 79.9. The third-order valence-corrected chi connectivity index (χ3v) is 2.60. The summed E-state index contributed by atoms with van der Waals surface area (Å²) in [5, 5.41) is 0.381. The lowest BCUT2D eigenvalue weighted by Crippen LogP contribution is -1.87. The monoisotopic (exact) mass is 285 g/mol. The fourth-order valence-electron chi connectivity index (χ4n) is 1.26. The van der Waals surface area contributed by atoms with Gasteiger partial charge in [0.25, 0.3) is 0 Å². The number of pyridine rings is 1. The summed E-state index contributed by atoms with van der Waals surface area (Å²) in [6.07, 6.45) is 0. The first-order valence-electron chi connectivity index (χ1n) is 4.25. The van der Waals surface area contributed by atoms with Crippen LogP contribution in [0.1, 0.15) is 0 Å². The second-order valence-electron chi connectivity index (χ2n) is 2.97. The molecule has 1 nitrogen and oxygen atoms in total. The van der Waals surface area contributed by atoms with Crippen molar-refractivity contribution in [2.75, 3.05) is 0 Å². The summed E-state index contributed by atoms with van der Waals surface area (Å²) in [5.41, 5.74) is 1.03. The predicted octanol–water partition coefficient (Wildman–Crippen LogP) is 4.30. The lowest BCUT2D eigenvalue weighted by molar-refractivity contribution is 0.631. The Morgan fingerprint density at radius 2 is 2.00 bits per heavy atom. The molecule has 0 bridgehead atoms. The van der Waals surface area contributed by atoms with Crippen molar-refractivity contribution in [3.8, 4) is 11.3 Å². The van der Waals surface area contributed by atoms with Gasteiger partial charge in [0.05, 0.1) is 5.69 Å². The molecular formula is C11H6BrClFN. The van der Waals surface area contributed by atoms with Crippen LogP contribution in [0.25, 0.3) is 11.3 Å². The molecule has 0 aliphatic heterocycles. The van der Waals surface area contributed by atoms with Crippen LogP contribution >= 0.6 is 27.5 Å². The Balaban J connectivity index is 2.54. The minimum absolute atomic E-state index is 0.367. The van der Waals surface area contributed by atoms with E-state index in [0.717, 1.165) is 0 Å². The topological polar surface area (TPSA) is 12.9 Å². The van der Waals surface area contributed by atoms with Crippen LogP contribution in [0.5, 0.6) is 0 Å². The van der Waals surface area contributed by atoms with Gasteiger partial charge in [0.1, 0.15) is 10.4 Å². The van der Waals surface area contributed by atoms with E-state index in [1.807, 2.05) is 0 Å². The summed E-state index contributed by atoms with van der Waals surface area (Å²) in [5.74, 6) is -0.367. The van der Waals surface area contributed by atoms with Crippen LogP contribution in [0.15, 0.2) is 41.0 Å². The Labute approximate surface area is 100 Å². The molecule has 76 valence electrons. The van der Waals surface area contributed by atoms with Crippen LogP contribution in [0, 0.1) is 5.82 Å². The van der Waals surface area contributed by atoms with Gasteiger partial charge >= 0.3 is 0 Å². The van der Waals surface area contributed by atoms with E-state index in [1.54, 1.807) is 30.3 Å². The molecule has 4 heteroatoms. The number of hydrogen-bond donors (Lipinski definition) is 0. The molecule has 0 aliphatic rings. The average Bonchev–Trinajstić information content (AvgIpc) is 2.17. The number of halogens is 3. The van der Waals surface area contributed by atoms with Crippen molar-refractivity contribution >= 4 is 27.5 Å². The molecule has 0 N–H and O–H groups in total. The van der Waals surface area contributed by atoms with E-state index in [1.165, 1.54) is 6.07 Å². The molecule has 0 amide bonds. The summed E-state index contributed by atoms with van der Waals surface area (Å²) in [6.45, 7) is 0. The lowest BCUT2D eigenvalue weighted by atomic mass is 10.1. The van der Waals surface area contributed by atoms with Crippen LogP contribution in [0.3, 0.4) is 0 Å². The molecule has 1 aromatic heterocycles. The largest absolute Gasteiger partial charge is 0.241 e. The number of nitrogens with zero attached hydrogens (tertiary/aromatic N) is 1. The Morgan fingerprint density at radius 1 is 1.20 bits per heavy atom. The highest BCUT2D eigenvalue weighted by molar-refractivity contribution is 9.10. The van der Waals surface area contributed by atoms with Crippen molar-refractivity contribution in [3.63, 3.8) is 0 Å². The second-order valence-corrected chi connectivity index (χ2v) is 4.22. The standard InChI is InChI=1S/C11H6BrClFN/c12-11-3-1-2-10(15-11)8-5-4-7(13)6-9(8)14/h1-6H. The molecule has 1 aromatic carbocycles. The van der Waals surface area contributed by atoms with E-state index in [4.69, 9.17) is 11.6 Å². The molecule has 2 aromatic rings. The van der Waals surface area contributed by atoms with Gasteiger partial charge in [-0.1, -0.05) is 17.7 Å². The third kappa shape index (κ3) is 2.36. The van der Waals surface area contributed by atoms with E-state index in [2.05, 4.69) is 20.9 Å². The number of rotatable bonds is 1. The van der Waals surface area contributed by atoms with Crippen molar-refractivity contribution in [1.82, 2.24) is 4.98 Å². The lowest BCUT2D eigenvalue weighted by Gasteiger charge is -2.03. The van der Waals surface area contributed by atoms with Crippen molar-refractivity contribution in [2.24, 2.45) is 0 Å². The molecule has 1 heterocycles. The first-order chi connectivity index (χ1) is 7.16. The summed E-state index contributed by atoms with van der Waals surface area (Å²) in [4.78, 5) is 4.17. The molecular weight excluding hydrogens is 280 g/mol. The van der Waals surface area contributed by atoms with E-state index in [-0.39, 0.29) is 5.82 Å². The molecule has 0 saturated carbocycles. The zero-order chi connectivity index (χ0) is 10.8. The minimum Gasteiger partial charge on any atom is -0.241 e. The van der Waals surface area contributed by atoms with Gasteiger partial charge in [-0.15, -0.1) is 0 Å². The van der Waals surface area contributed by atoms with Crippen molar-refractivity contribution in [1.29, 1.82) is 0 Å². The SMILES string of the molecule is Fc1cc(Cl)ccc1-c1cccc(Br)n1. The van der Waals surface area contributed by atoms with Gasteiger partial charge in [-0.25, -0.2) is 9.37 Å². The molecule has 0 radical (unpaired) electrons. The van der Waals surface area contributed by atoms with Gasteiger partial charge in [-0.3, -0.25) is 0 Å². The van der Waals surface area contributed by atoms with E-state index in [0.29, 0.717) is 20.9 Å². The van der Waals surface area contributed by atoms with Crippen LogP contribution in [0.4, 0.5) is 4.39 Å². The maximum atomic E-state index is 13.5. The number of hydrogen-bond acceptors (Lipinski definition) is 1. The van der Waals surface area contributed by atoms with Crippen LogP contribution in [-0.2, 0) is 0 Å². The molecule has 0 unspecified atom stereocenters. The Bertz CT molecular complexity index is 502. The van der Waals surface area contributed by atoms with Gasteiger partial charge < -0.3 is 0 Å². The molecule has 0 saturated heterocycles. The normalized spacial score (nSPS) is 10.3. The highest BCUT2D eigenvalue weighted by Gasteiger charge is 2.06. The fraction of sp³-hybridized carbons (Fsp3) is 0. The molecule has 0 spiro atoms. The summed E-state index contributed by atoms with van der Waals surface area (Å²) in [7, 11) is 0. The fourth-order valence-corrected chi connectivity index (χ4v) is 1.76. The summed E-state index contributed by atoms with van der Waals surface area (Å²) >= 11 is 8.90. The zero-order valence-corrected chi connectivity index (χ0v) is 9.89. The van der Waals surface area contributed by atoms with E-state index < -0.39 is 0 Å². The van der Waals surface area contributed by atoms with Gasteiger partial charge in [0.2, 0.25) is 0 Å². The van der Waals surface area contributed by atoms with Gasteiger partial charge in [-0.05, 0) is 46.3 Å². The summed E-state index contributed by atoms with van der Waals surface area (Å²) in [6, 6.07) is 9.88. The van der Waals surface area contributed by atoms with Crippen LogP contribution in [-0.4, -0.2) is 4.98 Å². The summed E-state index contributed by atoms with van der Waals surface area (Å²) < 4.78 is 14.2. The van der Waals surface area contributed by atoms with Gasteiger partial charge in [0, 0.05) is 10.6 Å². The second kappa shape index (κ2) is 4.29. The van der Waals surface area contributed by atoms with Crippen molar-refractivity contribution < 1.29 is 4.39 Å². The Morgan fingerprint density at radius 3 is 2.67 bits per heavy atom. The quantitative estimate of drug-likeness (QED) is 0.712.